The van der Waals surface area contributed by atoms with Crippen molar-refractivity contribution < 1.29 is 14.7 Å². The second-order valence-corrected chi connectivity index (χ2v) is 3.77. The van der Waals surface area contributed by atoms with Crippen molar-refractivity contribution in [1.82, 2.24) is 0 Å². The van der Waals surface area contributed by atoms with Gasteiger partial charge in [-0.3, -0.25) is 0 Å². The third kappa shape index (κ3) is 12.7. The number of hydrogen-bond acceptors (Lipinski definition) is 3. The topological polar surface area (TPSA) is 69.2 Å². The molecule has 0 N–H and O–H groups in total. The van der Waals surface area contributed by atoms with Gasteiger partial charge in [-0.05, 0) is 5.92 Å². The summed E-state index contributed by atoms with van der Waals surface area (Å²) in [6, 6.07) is 0. The summed E-state index contributed by atoms with van der Waals surface area (Å²) in [5, 5.41) is 0. The Morgan fingerprint density at radius 3 is 1.56 bits per heavy atom. The summed E-state index contributed by atoms with van der Waals surface area (Å²) in [6.07, 6.45) is -0.229. The van der Waals surface area contributed by atoms with Crippen LogP contribution >= 0.6 is 7.94 Å². The Morgan fingerprint density at radius 2 is 1.56 bits per heavy atom. The molecule has 5 heteroatoms. The van der Waals surface area contributed by atoms with Gasteiger partial charge in [0.25, 0.3) is 0 Å². The molecule has 0 aromatic carbocycles. The Morgan fingerprint density at radius 1 is 1.22 bits per heavy atom. The van der Waals surface area contributed by atoms with Crippen LogP contribution in [0.4, 0.5) is 0 Å². The molecule has 0 aromatic rings. The van der Waals surface area contributed by atoms with Crippen LogP contribution in [-0.2, 0) is 0 Å². The largest absolute Gasteiger partial charge is 2.00 e. The number of hydrogen-bond donors (Lipinski definition) is 0. The van der Waals surface area contributed by atoms with Crippen molar-refractivity contribution in [3.8, 4) is 0 Å². The van der Waals surface area contributed by atoms with E-state index < -0.39 is 7.94 Å². The van der Waals surface area contributed by atoms with Crippen molar-refractivity contribution >= 4 is 45.7 Å². The van der Waals surface area contributed by atoms with Gasteiger partial charge in [0.05, 0.1) is 0 Å². The maximum absolute atomic E-state index is 9.91. The van der Waals surface area contributed by atoms with Crippen molar-refractivity contribution in [3.05, 3.63) is 0 Å². The molecule has 0 heterocycles. The molecule has 50 valence electrons. The molecule has 0 aromatic heterocycles. The van der Waals surface area contributed by atoms with E-state index in [1.165, 1.54) is 0 Å². The zero-order valence-electron chi connectivity index (χ0n) is 5.66. The van der Waals surface area contributed by atoms with Gasteiger partial charge < -0.3 is 14.7 Å². The van der Waals surface area contributed by atoms with Crippen LogP contribution in [0.2, 0.25) is 0 Å². The standard InChI is InChI=1S/C4H11O3P.Ca/c1-4(2)3-8(5,6)7;/h4H,3H2,1-2H3,(H2,5,6,7);/q;+2/p-2. The molecular weight excluding hydrogens is 167 g/mol. The molecule has 0 fully saturated rings. The molecule has 0 aliphatic rings. The maximum atomic E-state index is 9.91. The van der Waals surface area contributed by atoms with Crippen molar-refractivity contribution in [2.24, 2.45) is 5.92 Å². The molecular formula is C4H9CaO3P. The smallest absolute Gasteiger partial charge is 0.688 e. The molecule has 0 aliphatic heterocycles. The summed E-state index contributed by atoms with van der Waals surface area (Å²) in [5.41, 5.74) is 0. The third-order valence-electron chi connectivity index (χ3n) is 0.589. The molecule has 0 saturated carbocycles. The van der Waals surface area contributed by atoms with Crippen LogP contribution < -0.4 is 14.7 Å². The molecule has 0 rings (SSSR count). The summed E-state index contributed by atoms with van der Waals surface area (Å²) in [5.74, 6) is -0.0455. The van der Waals surface area contributed by atoms with Gasteiger partial charge in [-0.1, -0.05) is 13.8 Å². The Labute approximate surface area is 85.7 Å². The van der Waals surface area contributed by atoms with Crippen LogP contribution in [0.5, 0.6) is 0 Å². The number of rotatable bonds is 2. The van der Waals surface area contributed by atoms with E-state index in [0.717, 1.165) is 0 Å². The van der Waals surface area contributed by atoms with Gasteiger partial charge in [0, 0.05) is 6.16 Å². The van der Waals surface area contributed by atoms with E-state index in [9.17, 15) is 14.7 Å². The minimum absolute atomic E-state index is 0. The van der Waals surface area contributed by atoms with Crippen LogP contribution in [-0.4, -0.2) is 43.9 Å². The molecule has 0 bridgehead atoms. The molecule has 0 radical (unpaired) electrons. The first-order chi connectivity index (χ1) is 3.42. The van der Waals surface area contributed by atoms with Crippen molar-refractivity contribution in [2.75, 3.05) is 6.16 Å². The van der Waals surface area contributed by atoms with Gasteiger partial charge in [-0.15, -0.1) is 0 Å². The molecule has 0 amide bonds. The van der Waals surface area contributed by atoms with Gasteiger partial charge in [-0.2, -0.15) is 7.94 Å². The van der Waals surface area contributed by atoms with Crippen molar-refractivity contribution in [1.29, 1.82) is 0 Å². The molecule has 0 aliphatic carbocycles. The van der Waals surface area contributed by atoms with E-state index in [1.54, 1.807) is 13.8 Å². The molecule has 0 saturated heterocycles. The Kier molecular flexibility index (Phi) is 7.69. The molecule has 3 nitrogen and oxygen atoms in total. The van der Waals surface area contributed by atoms with Crippen molar-refractivity contribution in [2.45, 2.75) is 13.8 Å². The third-order valence-corrected chi connectivity index (χ3v) is 1.77. The summed E-state index contributed by atoms with van der Waals surface area (Å²) < 4.78 is 0. The van der Waals surface area contributed by atoms with E-state index >= 15 is 0 Å². The van der Waals surface area contributed by atoms with E-state index in [-0.39, 0.29) is 49.8 Å². The fourth-order valence-electron chi connectivity index (χ4n) is 0.447. The fourth-order valence-corrected chi connectivity index (χ4v) is 1.34. The zero-order valence-corrected chi connectivity index (χ0v) is 8.77. The quantitative estimate of drug-likeness (QED) is 0.364. The van der Waals surface area contributed by atoms with E-state index in [2.05, 4.69) is 0 Å². The minimum atomic E-state index is -4.22. The second kappa shape index (κ2) is 5.25. The van der Waals surface area contributed by atoms with Gasteiger partial charge in [0.2, 0.25) is 0 Å². The van der Waals surface area contributed by atoms with Gasteiger partial charge >= 0.3 is 37.7 Å². The first-order valence-corrected chi connectivity index (χ1v) is 4.15. The maximum Gasteiger partial charge on any atom is 2.00 e. The van der Waals surface area contributed by atoms with Crippen LogP contribution in [0.1, 0.15) is 13.8 Å². The van der Waals surface area contributed by atoms with E-state index in [0.29, 0.717) is 0 Å². The average Bonchev–Trinajstić information content (AvgIpc) is 1.21. The molecule has 9 heavy (non-hydrogen) atoms. The monoisotopic (exact) mass is 176 g/mol. The van der Waals surface area contributed by atoms with Crippen LogP contribution in [0.3, 0.4) is 0 Å². The van der Waals surface area contributed by atoms with Crippen LogP contribution in [0.15, 0.2) is 0 Å². The average molecular weight is 176 g/mol. The molecule has 0 unspecified atom stereocenters. The molecule has 0 atom stereocenters. The van der Waals surface area contributed by atoms with E-state index in [1.807, 2.05) is 0 Å². The molecule has 0 spiro atoms. The Bertz CT molecular complexity index is 70.7. The van der Waals surface area contributed by atoms with Gasteiger partial charge in [-0.25, -0.2) is 0 Å². The van der Waals surface area contributed by atoms with E-state index in [4.69, 9.17) is 0 Å². The zero-order chi connectivity index (χ0) is 6.78. The van der Waals surface area contributed by atoms with Crippen molar-refractivity contribution in [3.63, 3.8) is 0 Å². The summed E-state index contributed by atoms with van der Waals surface area (Å²) in [7, 11) is -4.22. The van der Waals surface area contributed by atoms with Crippen LogP contribution in [0.25, 0.3) is 0 Å². The second-order valence-electron chi connectivity index (χ2n) is 2.19. The fraction of sp³-hybridized carbons (Fsp3) is 1.00. The first kappa shape index (κ1) is 13.2. The summed E-state index contributed by atoms with van der Waals surface area (Å²) >= 11 is 0. The summed E-state index contributed by atoms with van der Waals surface area (Å²) in [6.45, 7) is 3.39. The SMILES string of the molecule is CC(C)C[P+]([O-])([O-])[O-].[Ca+2]. The predicted molar refractivity (Wildman–Crippen MR) is 32.4 cm³/mol. The van der Waals surface area contributed by atoms with Gasteiger partial charge in [0.1, 0.15) is 0 Å². The first-order valence-electron chi connectivity index (χ1n) is 2.43. The predicted octanol–water partition coefficient (Wildman–Crippen LogP) is -1.89. The van der Waals surface area contributed by atoms with Gasteiger partial charge in [0.15, 0.2) is 0 Å². The minimum Gasteiger partial charge on any atom is -0.688 e. The Hall–Kier alpha value is 1.57. The van der Waals surface area contributed by atoms with Crippen LogP contribution in [0, 0.1) is 5.92 Å². The normalized spacial score (nSPS) is 11.3. The Balaban J connectivity index is 0. The summed E-state index contributed by atoms with van der Waals surface area (Å²) in [4.78, 5) is 29.7.